The van der Waals surface area contributed by atoms with Crippen LogP contribution in [-0.2, 0) is 9.53 Å². The second-order valence-corrected chi connectivity index (χ2v) is 6.31. The number of carbonyl (C=O) groups is 1. The van der Waals surface area contributed by atoms with E-state index in [2.05, 4.69) is 18.7 Å². The van der Waals surface area contributed by atoms with Gasteiger partial charge in [-0.15, -0.1) is 0 Å². The fraction of sp³-hybridized carbons (Fsp3) is 0.938. The molecule has 2 atom stereocenters. The molecule has 1 heterocycles. The molecule has 4 nitrogen and oxygen atoms in total. The molecule has 0 aromatic rings. The molecule has 0 bridgehead atoms. The molecule has 0 saturated carbocycles. The van der Waals surface area contributed by atoms with Crippen molar-refractivity contribution in [2.24, 2.45) is 0 Å². The number of nitrogens with zero attached hydrogens (tertiary/aromatic N) is 2. The molecule has 0 aliphatic carbocycles. The number of likely N-dealkylation sites (tertiary alicyclic amines) is 1. The minimum absolute atomic E-state index is 0.0521. The molecule has 0 N–H and O–H groups in total. The number of carbonyl (C=O) groups excluding carboxylic acids is 1. The number of ether oxygens (including phenoxy) is 1. The van der Waals surface area contributed by atoms with Crippen LogP contribution in [-0.4, -0.2) is 61.6 Å². The van der Waals surface area contributed by atoms with Gasteiger partial charge in [-0.3, -0.25) is 9.69 Å². The summed E-state index contributed by atoms with van der Waals surface area (Å²) in [6.07, 6.45) is 6.76. The lowest BCUT2D eigenvalue weighted by atomic mass is 10.2. The maximum atomic E-state index is 11.7. The minimum atomic E-state index is -0.0521. The van der Waals surface area contributed by atoms with Crippen LogP contribution in [0.25, 0.3) is 0 Å². The minimum Gasteiger partial charge on any atom is -0.461 e. The highest BCUT2D eigenvalue weighted by Gasteiger charge is 2.30. The molecular formula is C16H32N2O2. The Labute approximate surface area is 124 Å². The zero-order valence-electron chi connectivity index (χ0n) is 13.7. The summed E-state index contributed by atoms with van der Waals surface area (Å²) in [7, 11) is 3.95. The van der Waals surface area contributed by atoms with Crippen LogP contribution in [0.3, 0.4) is 0 Å². The van der Waals surface area contributed by atoms with Gasteiger partial charge in [0.1, 0.15) is 6.10 Å². The van der Waals surface area contributed by atoms with E-state index >= 15 is 0 Å². The number of unbranched alkanes of at least 4 members (excludes halogenated alkanes) is 3. The van der Waals surface area contributed by atoms with Gasteiger partial charge in [-0.1, -0.05) is 26.2 Å². The van der Waals surface area contributed by atoms with E-state index in [0.717, 1.165) is 26.1 Å². The average molecular weight is 284 g/mol. The number of hydrogen-bond donors (Lipinski definition) is 0. The topological polar surface area (TPSA) is 32.8 Å². The molecule has 4 heteroatoms. The Kier molecular flexibility index (Phi) is 8.15. The van der Waals surface area contributed by atoms with Crippen molar-refractivity contribution >= 4 is 5.97 Å². The fourth-order valence-electron chi connectivity index (χ4n) is 2.74. The molecule has 0 spiro atoms. The third-order valence-corrected chi connectivity index (χ3v) is 4.03. The van der Waals surface area contributed by atoms with E-state index in [1.807, 2.05) is 19.0 Å². The molecule has 0 unspecified atom stereocenters. The number of rotatable bonds is 9. The molecular weight excluding hydrogens is 252 g/mol. The Morgan fingerprint density at radius 2 is 2.05 bits per heavy atom. The van der Waals surface area contributed by atoms with Crippen LogP contribution in [0.5, 0.6) is 0 Å². The van der Waals surface area contributed by atoms with Gasteiger partial charge < -0.3 is 9.64 Å². The van der Waals surface area contributed by atoms with Gasteiger partial charge in [0.25, 0.3) is 0 Å². The van der Waals surface area contributed by atoms with Gasteiger partial charge in [-0.2, -0.15) is 0 Å². The quantitative estimate of drug-likeness (QED) is 0.481. The maximum Gasteiger partial charge on any atom is 0.307 e. The van der Waals surface area contributed by atoms with Crippen LogP contribution in [0.4, 0.5) is 0 Å². The molecule has 118 valence electrons. The van der Waals surface area contributed by atoms with E-state index in [1.165, 1.54) is 25.7 Å². The summed E-state index contributed by atoms with van der Waals surface area (Å²) in [4.78, 5) is 16.2. The lowest BCUT2D eigenvalue weighted by Gasteiger charge is -2.20. The molecule has 20 heavy (non-hydrogen) atoms. The molecule has 0 aromatic carbocycles. The van der Waals surface area contributed by atoms with E-state index < -0.39 is 0 Å². The summed E-state index contributed by atoms with van der Waals surface area (Å²) in [5, 5.41) is 0. The summed E-state index contributed by atoms with van der Waals surface area (Å²) < 4.78 is 5.58. The molecule has 1 rings (SSSR count). The third kappa shape index (κ3) is 6.71. The lowest BCUT2D eigenvalue weighted by molar-refractivity contribution is -0.148. The summed E-state index contributed by atoms with van der Waals surface area (Å²) in [6.45, 7) is 7.31. The molecule has 1 fully saturated rings. The third-order valence-electron chi connectivity index (χ3n) is 4.03. The van der Waals surface area contributed by atoms with Gasteiger partial charge in [0.15, 0.2) is 0 Å². The predicted molar refractivity (Wildman–Crippen MR) is 82.8 cm³/mol. The zero-order chi connectivity index (χ0) is 15.0. The SMILES string of the molecule is CCCCCCN1C[C@@H](OC(=O)CCN(C)C)C[C@H]1C. The highest BCUT2D eigenvalue weighted by atomic mass is 16.5. The Balaban J connectivity index is 2.21. The van der Waals surface area contributed by atoms with Gasteiger partial charge in [-0.25, -0.2) is 0 Å². The Bertz CT molecular complexity index is 282. The monoisotopic (exact) mass is 284 g/mol. The molecule has 1 saturated heterocycles. The van der Waals surface area contributed by atoms with Crippen molar-refractivity contribution in [1.82, 2.24) is 9.80 Å². The molecule has 1 aliphatic heterocycles. The van der Waals surface area contributed by atoms with Crippen molar-refractivity contribution < 1.29 is 9.53 Å². The molecule has 0 amide bonds. The van der Waals surface area contributed by atoms with E-state index in [9.17, 15) is 4.79 Å². The van der Waals surface area contributed by atoms with Gasteiger partial charge in [0, 0.05) is 25.6 Å². The number of esters is 1. The van der Waals surface area contributed by atoms with Crippen LogP contribution < -0.4 is 0 Å². The van der Waals surface area contributed by atoms with Crippen molar-refractivity contribution in [1.29, 1.82) is 0 Å². The maximum absolute atomic E-state index is 11.7. The summed E-state index contributed by atoms with van der Waals surface area (Å²) in [5.41, 5.74) is 0. The summed E-state index contributed by atoms with van der Waals surface area (Å²) >= 11 is 0. The Hall–Kier alpha value is -0.610. The highest BCUT2D eigenvalue weighted by molar-refractivity contribution is 5.69. The van der Waals surface area contributed by atoms with Crippen LogP contribution in [0, 0.1) is 0 Å². The van der Waals surface area contributed by atoms with Crippen molar-refractivity contribution in [3.8, 4) is 0 Å². The van der Waals surface area contributed by atoms with Gasteiger partial charge in [0.2, 0.25) is 0 Å². The van der Waals surface area contributed by atoms with Crippen molar-refractivity contribution in [2.75, 3.05) is 33.7 Å². The van der Waals surface area contributed by atoms with Crippen LogP contribution >= 0.6 is 0 Å². The van der Waals surface area contributed by atoms with E-state index in [1.54, 1.807) is 0 Å². The van der Waals surface area contributed by atoms with Crippen LogP contribution in [0.15, 0.2) is 0 Å². The Morgan fingerprint density at radius 3 is 2.70 bits per heavy atom. The standard InChI is InChI=1S/C16H32N2O2/c1-5-6-7-8-10-18-13-15(12-14(18)2)20-16(19)9-11-17(3)4/h14-15H,5-13H2,1-4H3/t14-,15+/m1/s1. The first-order valence-electron chi connectivity index (χ1n) is 8.11. The van der Waals surface area contributed by atoms with Crippen molar-refractivity contribution in [3.63, 3.8) is 0 Å². The molecule has 0 radical (unpaired) electrons. The van der Waals surface area contributed by atoms with Crippen LogP contribution in [0.2, 0.25) is 0 Å². The van der Waals surface area contributed by atoms with Crippen molar-refractivity contribution in [3.05, 3.63) is 0 Å². The highest BCUT2D eigenvalue weighted by Crippen LogP contribution is 2.21. The van der Waals surface area contributed by atoms with E-state index in [-0.39, 0.29) is 12.1 Å². The predicted octanol–water partition coefficient (Wildman–Crippen LogP) is 2.52. The van der Waals surface area contributed by atoms with Crippen molar-refractivity contribution in [2.45, 2.75) is 64.5 Å². The zero-order valence-corrected chi connectivity index (χ0v) is 13.7. The van der Waals surface area contributed by atoms with Gasteiger partial charge in [-0.05, 0) is 34.0 Å². The second kappa shape index (κ2) is 9.35. The second-order valence-electron chi connectivity index (χ2n) is 6.31. The summed E-state index contributed by atoms with van der Waals surface area (Å²) in [5.74, 6) is -0.0521. The lowest BCUT2D eigenvalue weighted by Crippen LogP contribution is -2.29. The molecule has 0 aromatic heterocycles. The van der Waals surface area contributed by atoms with Gasteiger partial charge >= 0.3 is 5.97 Å². The summed E-state index contributed by atoms with van der Waals surface area (Å²) in [6, 6.07) is 0.545. The fourth-order valence-corrected chi connectivity index (χ4v) is 2.74. The van der Waals surface area contributed by atoms with Crippen LogP contribution in [0.1, 0.15) is 52.4 Å². The first kappa shape index (κ1) is 17.4. The average Bonchev–Trinajstić information content (AvgIpc) is 2.72. The normalized spacial score (nSPS) is 23.4. The van der Waals surface area contributed by atoms with Gasteiger partial charge in [0.05, 0.1) is 6.42 Å². The molecule has 1 aliphatic rings. The smallest absolute Gasteiger partial charge is 0.307 e. The van der Waals surface area contributed by atoms with E-state index in [0.29, 0.717) is 12.5 Å². The Morgan fingerprint density at radius 1 is 1.30 bits per heavy atom. The largest absolute Gasteiger partial charge is 0.461 e. The number of hydrogen-bond acceptors (Lipinski definition) is 4. The first-order valence-corrected chi connectivity index (χ1v) is 8.11. The van der Waals surface area contributed by atoms with E-state index in [4.69, 9.17) is 4.74 Å². The first-order chi connectivity index (χ1) is 9.52.